The quantitative estimate of drug-likeness (QED) is 0.763. The number of aromatic nitrogens is 2. The molecular weight excluding hydrogens is 378 g/mol. The maximum atomic E-state index is 13.2. The molecule has 150 valence electrons. The van der Waals surface area contributed by atoms with E-state index >= 15 is 0 Å². The molecule has 1 aliphatic heterocycles. The number of carbonyl (C=O) groups excluding carboxylic acids is 1. The minimum Gasteiger partial charge on any atom is -0.492 e. The summed E-state index contributed by atoms with van der Waals surface area (Å²) in [4.78, 5) is 27.7. The molecule has 0 saturated carbocycles. The van der Waals surface area contributed by atoms with Gasteiger partial charge in [0.1, 0.15) is 5.75 Å². The van der Waals surface area contributed by atoms with Crippen LogP contribution in [0.25, 0.3) is 0 Å². The Morgan fingerprint density at radius 3 is 2.61 bits per heavy atom. The molecule has 0 bridgehead atoms. The van der Waals surface area contributed by atoms with E-state index in [-0.39, 0.29) is 6.03 Å². The topological polar surface area (TPSA) is 61.8 Å². The molecule has 1 aromatic carbocycles. The first-order valence-electron chi connectivity index (χ1n) is 9.56. The number of anilines is 2. The summed E-state index contributed by atoms with van der Waals surface area (Å²) in [5.41, 5.74) is 1.68. The van der Waals surface area contributed by atoms with Crippen molar-refractivity contribution in [3.8, 4) is 5.75 Å². The Morgan fingerprint density at radius 1 is 1.21 bits per heavy atom. The summed E-state index contributed by atoms with van der Waals surface area (Å²) in [6.45, 7) is 9.50. The molecule has 2 heterocycles. The summed E-state index contributed by atoms with van der Waals surface area (Å²) in [6.07, 6.45) is 1.77. The third-order valence-corrected chi connectivity index (χ3v) is 4.91. The number of benzene rings is 1. The van der Waals surface area contributed by atoms with E-state index in [2.05, 4.69) is 14.9 Å². The molecule has 2 aromatic rings. The van der Waals surface area contributed by atoms with Gasteiger partial charge in [0, 0.05) is 55.7 Å². The Balaban J connectivity index is 1.71. The fourth-order valence-corrected chi connectivity index (χ4v) is 3.41. The van der Waals surface area contributed by atoms with Crippen molar-refractivity contribution >= 4 is 29.3 Å². The van der Waals surface area contributed by atoms with Gasteiger partial charge in [0.25, 0.3) is 0 Å². The van der Waals surface area contributed by atoms with E-state index in [9.17, 15) is 4.79 Å². The molecule has 1 fully saturated rings. The Labute approximate surface area is 170 Å². The highest BCUT2D eigenvalue weighted by molar-refractivity contribution is 6.30. The van der Waals surface area contributed by atoms with Crippen LogP contribution >= 0.6 is 11.6 Å². The predicted octanol–water partition coefficient (Wildman–Crippen LogP) is 3.61. The first kappa shape index (κ1) is 20.2. The number of carbonyl (C=O) groups is 1. The van der Waals surface area contributed by atoms with Crippen LogP contribution in [0.5, 0.6) is 5.75 Å². The van der Waals surface area contributed by atoms with Crippen LogP contribution < -0.4 is 14.5 Å². The normalized spacial score (nSPS) is 14.1. The van der Waals surface area contributed by atoms with Crippen LogP contribution in [-0.2, 0) is 0 Å². The predicted molar refractivity (Wildman–Crippen MR) is 112 cm³/mol. The highest BCUT2D eigenvalue weighted by atomic mass is 35.5. The lowest BCUT2D eigenvalue weighted by Gasteiger charge is -2.37. The van der Waals surface area contributed by atoms with Gasteiger partial charge in [0.15, 0.2) is 0 Å². The lowest BCUT2D eigenvalue weighted by atomic mass is 10.2. The summed E-state index contributed by atoms with van der Waals surface area (Å²) in [7, 11) is 0. The van der Waals surface area contributed by atoms with Crippen molar-refractivity contribution in [2.75, 3.05) is 49.1 Å². The van der Waals surface area contributed by atoms with Gasteiger partial charge in [0.2, 0.25) is 5.95 Å². The third-order valence-electron chi connectivity index (χ3n) is 4.67. The van der Waals surface area contributed by atoms with Crippen LogP contribution in [0.4, 0.5) is 16.4 Å². The van der Waals surface area contributed by atoms with E-state index in [0.29, 0.717) is 50.1 Å². The number of piperazine rings is 1. The third kappa shape index (κ3) is 4.47. The zero-order chi connectivity index (χ0) is 20.1. The van der Waals surface area contributed by atoms with Crippen molar-refractivity contribution in [3.63, 3.8) is 0 Å². The summed E-state index contributed by atoms with van der Waals surface area (Å²) >= 11 is 6.10. The van der Waals surface area contributed by atoms with Crippen LogP contribution in [0.2, 0.25) is 5.02 Å². The highest BCUT2D eigenvalue weighted by Gasteiger charge is 2.27. The SMILES string of the molecule is CCOc1cc(Cl)ccc1N(CC)C(=O)N1CCN(c2nccc(C)n2)CC1. The Kier molecular flexibility index (Phi) is 6.57. The van der Waals surface area contributed by atoms with Gasteiger partial charge in [-0.15, -0.1) is 0 Å². The van der Waals surface area contributed by atoms with Gasteiger partial charge >= 0.3 is 6.03 Å². The smallest absolute Gasteiger partial charge is 0.324 e. The second kappa shape index (κ2) is 9.10. The molecule has 0 N–H and O–H groups in total. The molecule has 3 rings (SSSR count). The largest absolute Gasteiger partial charge is 0.492 e. The average Bonchev–Trinajstić information content (AvgIpc) is 2.70. The number of ether oxygens (including phenoxy) is 1. The second-order valence-electron chi connectivity index (χ2n) is 6.54. The molecule has 0 aliphatic carbocycles. The second-order valence-corrected chi connectivity index (χ2v) is 6.98. The first-order chi connectivity index (χ1) is 13.5. The molecule has 1 saturated heterocycles. The van der Waals surface area contributed by atoms with Crippen molar-refractivity contribution in [3.05, 3.63) is 41.2 Å². The van der Waals surface area contributed by atoms with Gasteiger partial charge in [0.05, 0.1) is 12.3 Å². The van der Waals surface area contributed by atoms with Crippen LogP contribution in [-0.4, -0.2) is 60.2 Å². The number of nitrogens with zero attached hydrogens (tertiary/aromatic N) is 5. The van der Waals surface area contributed by atoms with Gasteiger partial charge in [-0.05, 0) is 39.0 Å². The summed E-state index contributed by atoms with van der Waals surface area (Å²) in [5, 5.41) is 0.586. The molecular formula is C20H26ClN5O2. The van der Waals surface area contributed by atoms with Gasteiger partial charge in [-0.1, -0.05) is 11.6 Å². The number of amides is 2. The zero-order valence-corrected chi connectivity index (χ0v) is 17.3. The Hall–Kier alpha value is -2.54. The molecule has 28 heavy (non-hydrogen) atoms. The number of halogens is 1. The van der Waals surface area contributed by atoms with Gasteiger partial charge in [-0.25, -0.2) is 14.8 Å². The van der Waals surface area contributed by atoms with E-state index < -0.39 is 0 Å². The minimum atomic E-state index is -0.0319. The van der Waals surface area contributed by atoms with Crippen LogP contribution in [0, 0.1) is 6.92 Å². The summed E-state index contributed by atoms with van der Waals surface area (Å²) in [6, 6.07) is 7.22. The van der Waals surface area contributed by atoms with Gasteiger partial charge < -0.3 is 14.5 Å². The standard InChI is InChI=1S/C20H26ClN5O2/c1-4-26(17-7-6-16(21)14-18(17)28-5-2)20(27)25-12-10-24(11-13-25)19-22-9-8-15(3)23-19/h6-9,14H,4-5,10-13H2,1-3H3. The fourth-order valence-electron chi connectivity index (χ4n) is 3.25. The monoisotopic (exact) mass is 403 g/mol. The lowest BCUT2D eigenvalue weighted by molar-refractivity contribution is 0.200. The zero-order valence-electron chi connectivity index (χ0n) is 16.6. The molecule has 1 aliphatic rings. The summed E-state index contributed by atoms with van der Waals surface area (Å²) in [5.74, 6) is 1.34. The molecule has 7 nitrogen and oxygen atoms in total. The molecule has 0 atom stereocenters. The van der Waals surface area contributed by atoms with E-state index in [1.807, 2.05) is 37.8 Å². The number of aryl methyl sites for hydroxylation is 1. The maximum absolute atomic E-state index is 13.2. The highest BCUT2D eigenvalue weighted by Crippen LogP contribution is 2.32. The van der Waals surface area contributed by atoms with Crippen molar-refractivity contribution in [2.24, 2.45) is 0 Å². The van der Waals surface area contributed by atoms with Crippen molar-refractivity contribution in [1.29, 1.82) is 0 Å². The molecule has 0 radical (unpaired) electrons. The molecule has 0 unspecified atom stereocenters. The van der Waals surface area contributed by atoms with Gasteiger partial charge in [-0.2, -0.15) is 0 Å². The average molecular weight is 404 g/mol. The number of rotatable bonds is 5. The van der Waals surface area contributed by atoms with E-state index in [1.54, 1.807) is 23.2 Å². The number of hydrogen-bond donors (Lipinski definition) is 0. The molecule has 0 spiro atoms. The van der Waals surface area contributed by atoms with Crippen molar-refractivity contribution in [2.45, 2.75) is 20.8 Å². The van der Waals surface area contributed by atoms with Crippen molar-refractivity contribution in [1.82, 2.24) is 14.9 Å². The van der Waals surface area contributed by atoms with E-state index in [0.717, 1.165) is 17.3 Å². The molecule has 2 amide bonds. The van der Waals surface area contributed by atoms with E-state index in [4.69, 9.17) is 16.3 Å². The Morgan fingerprint density at radius 2 is 1.96 bits per heavy atom. The lowest BCUT2D eigenvalue weighted by Crippen LogP contribution is -2.53. The first-order valence-corrected chi connectivity index (χ1v) is 9.94. The maximum Gasteiger partial charge on any atom is 0.324 e. The summed E-state index contributed by atoms with van der Waals surface area (Å²) < 4.78 is 5.70. The molecule has 1 aromatic heterocycles. The molecule has 8 heteroatoms. The van der Waals surface area contributed by atoms with Gasteiger partial charge in [-0.3, -0.25) is 4.90 Å². The van der Waals surface area contributed by atoms with Crippen molar-refractivity contribution < 1.29 is 9.53 Å². The minimum absolute atomic E-state index is 0.0319. The van der Waals surface area contributed by atoms with E-state index in [1.165, 1.54) is 0 Å². The number of urea groups is 1. The van der Waals surface area contributed by atoms with Crippen LogP contribution in [0.3, 0.4) is 0 Å². The Bertz CT molecular complexity index is 824. The van der Waals surface area contributed by atoms with Crippen LogP contribution in [0.15, 0.2) is 30.5 Å². The van der Waals surface area contributed by atoms with Crippen LogP contribution in [0.1, 0.15) is 19.5 Å². The fraction of sp³-hybridized carbons (Fsp3) is 0.450. The number of hydrogen-bond acceptors (Lipinski definition) is 5.